The quantitative estimate of drug-likeness (QED) is 0.896. The fourth-order valence-electron chi connectivity index (χ4n) is 1.33. The van der Waals surface area contributed by atoms with Crippen molar-refractivity contribution in [2.75, 3.05) is 24.3 Å². The van der Waals surface area contributed by atoms with Crippen LogP contribution in [0.5, 0.6) is 0 Å². The number of nitrogens with zero attached hydrogens (tertiary/aromatic N) is 4. The Bertz CT molecular complexity index is 487. The van der Waals surface area contributed by atoms with Crippen molar-refractivity contribution >= 4 is 23.5 Å². The van der Waals surface area contributed by atoms with Crippen molar-refractivity contribution in [3.63, 3.8) is 0 Å². The lowest BCUT2D eigenvalue weighted by molar-refractivity contribution is 0.506. The smallest absolute Gasteiger partial charge is 0.231 e. The predicted molar refractivity (Wildman–Crippen MR) is 65.2 cm³/mol. The van der Waals surface area contributed by atoms with Crippen LogP contribution in [0.2, 0.25) is 5.28 Å². The van der Waals surface area contributed by atoms with Gasteiger partial charge in [-0.25, -0.2) is 0 Å². The third-order valence-corrected chi connectivity index (χ3v) is 2.30. The Hall–Kier alpha value is -1.82. The Morgan fingerprint density at radius 2 is 2.24 bits per heavy atom. The van der Waals surface area contributed by atoms with Crippen molar-refractivity contribution in [2.24, 2.45) is 0 Å². The lowest BCUT2D eigenvalue weighted by Gasteiger charge is -2.15. The van der Waals surface area contributed by atoms with Gasteiger partial charge in [0.1, 0.15) is 5.76 Å². The molecule has 0 spiro atoms. The van der Waals surface area contributed by atoms with E-state index in [2.05, 4.69) is 20.3 Å². The molecule has 6 nitrogen and oxygen atoms in total. The summed E-state index contributed by atoms with van der Waals surface area (Å²) in [5.41, 5.74) is 0. The van der Waals surface area contributed by atoms with Gasteiger partial charge in [-0.3, -0.25) is 0 Å². The molecule has 1 N–H and O–H groups in total. The van der Waals surface area contributed by atoms with E-state index in [1.807, 2.05) is 24.1 Å². The van der Waals surface area contributed by atoms with E-state index in [-0.39, 0.29) is 5.28 Å². The van der Waals surface area contributed by atoms with Crippen molar-refractivity contribution < 1.29 is 4.42 Å². The molecule has 2 heterocycles. The largest absolute Gasteiger partial charge is 0.467 e. The molecule has 90 valence electrons. The number of rotatable bonds is 4. The maximum Gasteiger partial charge on any atom is 0.231 e. The van der Waals surface area contributed by atoms with Crippen LogP contribution in [0.1, 0.15) is 5.76 Å². The fraction of sp³-hybridized carbons (Fsp3) is 0.300. The second-order valence-electron chi connectivity index (χ2n) is 3.41. The summed E-state index contributed by atoms with van der Waals surface area (Å²) in [6.07, 6.45) is 1.63. The zero-order chi connectivity index (χ0) is 12.3. The summed E-state index contributed by atoms with van der Waals surface area (Å²) in [6, 6.07) is 3.72. The van der Waals surface area contributed by atoms with Crippen molar-refractivity contribution in [3.8, 4) is 0 Å². The van der Waals surface area contributed by atoms with Crippen LogP contribution in [0.3, 0.4) is 0 Å². The normalized spacial score (nSPS) is 10.3. The van der Waals surface area contributed by atoms with Gasteiger partial charge in [-0.2, -0.15) is 15.0 Å². The fourth-order valence-corrected chi connectivity index (χ4v) is 1.48. The van der Waals surface area contributed by atoms with E-state index in [1.54, 1.807) is 13.3 Å². The van der Waals surface area contributed by atoms with Crippen molar-refractivity contribution in [1.29, 1.82) is 0 Å². The Morgan fingerprint density at radius 1 is 1.41 bits per heavy atom. The van der Waals surface area contributed by atoms with Gasteiger partial charge in [0.15, 0.2) is 0 Å². The predicted octanol–water partition coefficient (Wildman–Crippen LogP) is 1.80. The molecule has 2 aromatic rings. The second kappa shape index (κ2) is 5.01. The summed E-state index contributed by atoms with van der Waals surface area (Å²) in [7, 11) is 3.58. The highest BCUT2D eigenvalue weighted by atomic mass is 35.5. The number of halogens is 1. The minimum atomic E-state index is 0.158. The molecule has 0 saturated heterocycles. The molecule has 0 fully saturated rings. The molecular weight excluding hydrogens is 242 g/mol. The molecule has 7 heteroatoms. The Balaban J connectivity index is 2.18. The molecule has 0 unspecified atom stereocenters. The van der Waals surface area contributed by atoms with E-state index in [1.165, 1.54) is 0 Å². The van der Waals surface area contributed by atoms with Gasteiger partial charge in [0.05, 0.1) is 12.8 Å². The van der Waals surface area contributed by atoms with E-state index in [4.69, 9.17) is 16.0 Å². The van der Waals surface area contributed by atoms with Crippen molar-refractivity contribution in [3.05, 3.63) is 29.4 Å². The summed E-state index contributed by atoms with van der Waals surface area (Å²) in [5, 5.41) is 2.98. The van der Waals surface area contributed by atoms with Gasteiger partial charge < -0.3 is 14.6 Å². The van der Waals surface area contributed by atoms with Crippen LogP contribution in [0.15, 0.2) is 22.8 Å². The van der Waals surface area contributed by atoms with Crippen LogP contribution < -0.4 is 10.2 Å². The van der Waals surface area contributed by atoms with Crippen LogP contribution in [0.4, 0.5) is 11.9 Å². The first-order valence-corrected chi connectivity index (χ1v) is 5.39. The number of hydrogen-bond donors (Lipinski definition) is 1. The highest BCUT2D eigenvalue weighted by Gasteiger charge is 2.10. The lowest BCUT2D eigenvalue weighted by atomic mass is 10.4. The van der Waals surface area contributed by atoms with E-state index in [0.29, 0.717) is 18.4 Å². The highest BCUT2D eigenvalue weighted by molar-refractivity contribution is 6.28. The summed E-state index contributed by atoms with van der Waals surface area (Å²) >= 11 is 5.80. The third kappa shape index (κ3) is 2.85. The average molecular weight is 254 g/mol. The molecule has 2 rings (SSSR count). The van der Waals surface area contributed by atoms with E-state index in [0.717, 1.165) is 5.76 Å². The molecule has 0 radical (unpaired) electrons. The number of furan rings is 1. The molecule has 0 bridgehead atoms. The van der Waals surface area contributed by atoms with Gasteiger partial charge in [-0.15, -0.1) is 0 Å². The van der Waals surface area contributed by atoms with E-state index >= 15 is 0 Å². The number of nitrogens with one attached hydrogen (secondary N) is 1. The number of anilines is 2. The van der Waals surface area contributed by atoms with E-state index < -0.39 is 0 Å². The maximum absolute atomic E-state index is 5.80. The molecule has 0 amide bonds. The SMILES string of the molecule is CNc1nc(Cl)nc(N(C)Cc2ccco2)n1. The van der Waals surface area contributed by atoms with Gasteiger partial charge in [0.25, 0.3) is 0 Å². The van der Waals surface area contributed by atoms with Crippen LogP contribution in [-0.2, 0) is 6.54 Å². The zero-order valence-corrected chi connectivity index (χ0v) is 10.3. The van der Waals surface area contributed by atoms with Gasteiger partial charge in [-0.1, -0.05) is 0 Å². The van der Waals surface area contributed by atoms with Crippen LogP contribution >= 0.6 is 11.6 Å². The van der Waals surface area contributed by atoms with Crippen LogP contribution in [-0.4, -0.2) is 29.0 Å². The van der Waals surface area contributed by atoms with E-state index in [9.17, 15) is 0 Å². The first-order valence-electron chi connectivity index (χ1n) is 5.02. The Labute approximate surface area is 104 Å². The number of aromatic nitrogens is 3. The van der Waals surface area contributed by atoms with Crippen LogP contribution in [0, 0.1) is 0 Å². The van der Waals surface area contributed by atoms with Gasteiger partial charge >= 0.3 is 0 Å². The minimum Gasteiger partial charge on any atom is -0.467 e. The number of hydrogen-bond acceptors (Lipinski definition) is 6. The molecule has 0 aromatic carbocycles. The molecule has 2 aromatic heterocycles. The van der Waals surface area contributed by atoms with Gasteiger partial charge in [0.2, 0.25) is 17.2 Å². The first kappa shape index (κ1) is 11.7. The van der Waals surface area contributed by atoms with Gasteiger partial charge in [-0.05, 0) is 23.7 Å². The molecule has 0 aliphatic carbocycles. The molecule has 0 atom stereocenters. The third-order valence-electron chi connectivity index (χ3n) is 2.13. The molecule has 17 heavy (non-hydrogen) atoms. The first-order chi connectivity index (χ1) is 8.19. The summed E-state index contributed by atoms with van der Waals surface area (Å²) in [6.45, 7) is 0.566. The summed E-state index contributed by atoms with van der Waals surface area (Å²) in [4.78, 5) is 14.0. The van der Waals surface area contributed by atoms with Crippen molar-refractivity contribution in [2.45, 2.75) is 6.54 Å². The standard InChI is InChI=1S/C10H12ClN5O/c1-12-9-13-8(11)14-10(15-9)16(2)6-7-4-3-5-17-7/h3-5H,6H2,1-2H3,(H,12,13,14,15). The molecule has 0 aliphatic rings. The lowest BCUT2D eigenvalue weighted by Crippen LogP contribution is -2.19. The van der Waals surface area contributed by atoms with Crippen LogP contribution in [0.25, 0.3) is 0 Å². The average Bonchev–Trinajstić information content (AvgIpc) is 2.81. The zero-order valence-electron chi connectivity index (χ0n) is 9.51. The minimum absolute atomic E-state index is 0.158. The maximum atomic E-state index is 5.80. The molecule has 0 saturated carbocycles. The summed E-state index contributed by atoms with van der Waals surface area (Å²) in [5.74, 6) is 1.76. The highest BCUT2D eigenvalue weighted by Crippen LogP contribution is 2.14. The van der Waals surface area contributed by atoms with Crippen molar-refractivity contribution in [1.82, 2.24) is 15.0 Å². The summed E-state index contributed by atoms with van der Waals surface area (Å²) < 4.78 is 5.25. The monoisotopic (exact) mass is 253 g/mol. The molecular formula is C10H12ClN5O. The molecule has 0 aliphatic heterocycles. The second-order valence-corrected chi connectivity index (χ2v) is 3.75. The Morgan fingerprint density at radius 3 is 2.88 bits per heavy atom. The van der Waals surface area contributed by atoms with Gasteiger partial charge in [0, 0.05) is 14.1 Å². The topological polar surface area (TPSA) is 67.1 Å². The Kier molecular flexibility index (Phi) is 3.43.